The first-order valence-electron chi connectivity index (χ1n) is 11.9. The first kappa shape index (κ1) is 22.5. The van der Waals surface area contributed by atoms with Crippen molar-refractivity contribution in [3.8, 4) is 5.69 Å². The number of rotatable bonds is 11. The van der Waals surface area contributed by atoms with Crippen molar-refractivity contribution in [2.45, 2.75) is 82.5 Å². The quantitative estimate of drug-likeness (QED) is 0.507. The van der Waals surface area contributed by atoms with Gasteiger partial charge in [-0.1, -0.05) is 43.0 Å². The Hall–Kier alpha value is -2.70. The van der Waals surface area contributed by atoms with Gasteiger partial charge in [0.25, 0.3) is 0 Å². The Kier molecular flexibility index (Phi) is 7.22. The van der Waals surface area contributed by atoms with Gasteiger partial charge in [0.2, 0.25) is 0 Å². The van der Waals surface area contributed by atoms with Gasteiger partial charge in [-0.25, -0.2) is 4.68 Å². The normalized spacial score (nSPS) is 17.4. The largest absolute Gasteiger partial charge is 0.481 e. The molecule has 172 valence electrons. The van der Waals surface area contributed by atoms with Gasteiger partial charge in [0.1, 0.15) is 0 Å². The van der Waals surface area contributed by atoms with E-state index in [-0.39, 0.29) is 24.7 Å². The van der Waals surface area contributed by atoms with Gasteiger partial charge in [-0.3, -0.25) is 9.59 Å². The third-order valence-corrected chi connectivity index (χ3v) is 6.93. The lowest BCUT2D eigenvalue weighted by Crippen LogP contribution is -2.12. The highest BCUT2D eigenvalue weighted by molar-refractivity contribution is 5.70. The molecule has 0 saturated heterocycles. The minimum absolute atomic E-state index is 0.0739. The fourth-order valence-electron chi connectivity index (χ4n) is 4.94. The number of benzene rings is 1. The second-order valence-corrected chi connectivity index (χ2v) is 9.31. The van der Waals surface area contributed by atoms with Crippen molar-refractivity contribution in [1.29, 1.82) is 0 Å². The van der Waals surface area contributed by atoms with Crippen LogP contribution in [0.5, 0.6) is 0 Å². The van der Waals surface area contributed by atoms with Gasteiger partial charge in [0.15, 0.2) is 0 Å². The SMILES string of the molecule is COC(=O)CC[C@@H](CC(=O)O)c1nnn(-c2ccc(CCC3CCCC3)cc2)c1C1CC1. The van der Waals surface area contributed by atoms with Crippen LogP contribution in [0.3, 0.4) is 0 Å². The lowest BCUT2D eigenvalue weighted by Gasteiger charge is -2.15. The van der Waals surface area contributed by atoms with Crippen molar-refractivity contribution in [3.05, 3.63) is 41.2 Å². The van der Waals surface area contributed by atoms with Crippen LogP contribution < -0.4 is 0 Å². The molecule has 4 rings (SSSR count). The van der Waals surface area contributed by atoms with Crippen LogP contribution in [0, 0.1) is 5.92 Å². The molecule has 1 atom stereocenters. The van der Waals surface area contributed by atoms with E-state index in [2.05, 4.69) is 34.6 Å². The Labute approximate surface area is 189 Å². The molecule has 7 heteroatoms. The van der Waals surface area contributed by atoms with Crippen LogP contribution in [0.25, 0.3) is 5.69 Å². The summed E-state index contributed by atoms with van der Waals surface area (Å²) in [4.78, 5) is 23.1. The zero-order chi connectivity index (χ0) is 22.5. The lowest BCUT2D eigenvalue weighted by molar-refractivity contribution is -0.142. The average Bonchev–Trinajstić information content (AvgIpc) is 3.31. The Bertz CT molecular complexity index is 927. The van der Waals surface area contributed by atoms with Crippen molar-refractivity contribution in [2.24, 2.45) is 5.92 Å². The maximum atomic E-state index is 11.6. The number of carbonyl (C=O) groups is 2. The number of carboxylic acid groups (broad SMARTS) is 1. The van der Waals surface area contributed by atoms with E-state index in [0.29, 0.717) is 18.0 Å². The summed E-state index contributed by atoms with van der Waals surface area (Å²) in [6, 6.07) is 8.53. The molecule has 0 radical (unpaired) electrons. The molecule has 2 saturated carbocycles. The summed E-state index contributed by atoms with van der Waals surface area (Å²) in [5.74, 6) is -0.375. The number of aromatic nitrogens is 3. The number of aryl methyl sites for hydroxylation is 1. The summed E-state index contributed by atoms with van der Waals surface area (Å²) in [6.45, 7) is 0. The molecule has 0 amide bonds. The highest BCUT2D eigenvalue weighted by Crippen LogP contribution is 2.44. The van der Waals surface area contributed by atoms with Crippen molar-refractivity contribution in [3.63, 3.8) is 0 Å². The fourth-order valence-corrected chi connectivity index (χ4v) is 4.94. The van der Waals surface area contributed by atoms with Crippen molar-refractivity contribution in [1.82, 2.24) is 15.0 Å². The Morgan fingerprint density at radius 1 is 1.16 bits per heavy atom. The smallest absolute Gasteiger partial charge is 0.305 e. The van der Waals surface area contributed by atoms with Crippen LogP contribution in [0.4, 0.5) is 0 Å². The number of aliphatic carboxylic acids is 1. The molecule has 0 spiro atoms. The highest BCUT2D eigenvalue weighted by atomic mass is 16.5. The third-order valence-electron chi connectivity index (χ3n) is 6.93. The summed E-state index contributed by atoms with van der Waals surface area (Å²) < 4.78 is 6.62. The molecule has 2 aliphatic carbocycles. The molecule has 2 aliphatic rings. The van der Waals surface area contributed by atoms with Gasteiger partial charge < -0.3 is 9.84 Å². The maximum absolute atomic E-state index is 11.6. The molecule has 1 aromatic carbocycles. The highest BCUT2D eigenvalue weighted by Gasteiger charge is 2.35. The Morgan fingerprint density at radius 3 is 2.50 bits per heavy atom. The maximum Gasteiger partial charge on any atom is 0.305 e. The number of methoxy groups -OCH3 is 1. The predicted octanol–water partition coefficient (Wildman–Crippen LogP) is 4.78. The average molecular weight is 440 g/mol. The van der Waals surface area contributed by atoms with E-state index in [4.69, 9.17) is 4.74 Å². The molecule has 2 fully saturated rings. The number of carboxylic acids is 1. The fraction of sp³-hybridized carbons (Fsp3) is 0.600. The number of hydrogen-bond acceptors (Lipinski definition) is 5. The van der Waals surface area contributed by atoms with E-state index in [0.717, 1.165) is 36.6 Å². The molecule has 32 heavy (non-hydrogen) atoms. The van der Waals surface area contributed by atoms with Crippen LogP contribution in [0.15, 0.2) is 24.3 Å². The molecule has 1 aromatic heterocycles. The summed E-state index contributed by atoms with van der Waals surface area (Å²) in [6.07, 6.45) is 10.5. The lowest BCUT2D eigenvalue weighted by atomic mass is 9.93. The molecular weight excluding hydrogens is 406 g/mol. The second kappa shape index (κ2) is 10.3. The summed E-state index contributed by atoms with van der Waals surface area (Å²) in [7, 11) is 1.35. The van der Waals surface area contributed by atoms with Gasteiger partial charge >= 0.3 is 11.9 Å². The number of carbonyl (C=O) groups excluding carboxylic acids is 1. The molecular formula is C25H33N3O4. The van der Waals surface area contributed by atoms with Crippen LogP contribution in [-0.4, -0.2) is 39.1 Å². The van der Waals surface area contributed by atoms with Crippen molar-refractivity contribution in [2.75, 3.05) is 7.11 Å². The predicted molar refractivity (Wildman–Crippen MR) is 120 cm³/mol. The van der Waals surface area contributed by atoms with Crippen LogP contribution in [0.2, 0.25) is 0 Å². The number of esters is 1. The van der Waals surface area contributed by atoms with Gasteiger partial charge in [-0.15, -0.1) is 5.10 Å². The molecule has 0 bridgehead atoms. The van der Waals surface area contributed by atoms with Crippen molar-refractivity contribution < 1.29 is 19.4 Å². The van der Waals surface area contributed by atoms with E-state index >= 15 is 0 Å². The summed E-state index contributed by atoms with van der Waals surface area (Å²) in [5, 5.41) is 18.3. The molecule has 1 N–H and O–H groups in total. The van der Waals surface area contributed by atoms with Gasteiger partial charge in [0.05, 0.1) is 30.6 Å². The third kappa shape index (κ3) is 5.56. The molecule has 7 nitrogen and oxygen atoms in total. The molecule has 0 aliphatic heterocycles. The minimum atomic E-state index is -0.900. The Balaban J connectivity index is 1.52. The first-order valence-corrected chi connectivity index (χ1v) is 11.9. The van der Waals surface area contributed by atoms with Crippen LogP contribution in [-0.2, 0) is 20.7 Å². The number of hydrogen-bond donors (Lipinski definition) is 1. The van der Waals surface area contributed by atoms with E-state index in [1.807, 2.05) is 4.68 Å². The van der Waals surface area contributed by atoms with E-state index in [9.17, 15) is 14.7 Å². The monoisotopic (exact) mass is 439 g/mol. The number of nitrogens with zero attached hydrogens (tertiary/aromatic N) is 3. The number of ether oxygens (including phenoxy) is 1. The zero-order valence-corrected chi connectivity index (χ0v) is 18.8. The minimum Gasteiger partial charge on any atom is -0.481 e. The molecule has 1 heterocycles. The summed E-state index contributed by atoms with van der Waals surface area (Å²) in [5.41, 5.74) is 4.01. The van der Waals surface area contributed by atoms with E-state index in [1.165, 1.54) is 44.8 Å². The standard InChI is InChI=1S/C25H33N3O4/c1-32-23(31)15-12-20(16-22(29)30)24-25(19-10-11-19)28(27-26-24)21-13-8-18(9-14-21)7-6-17-4-2-3-5-17/h8-9,13-14,17,19-20H,2-7,10-12,15-16H2,1H3,(H,29,30)/t20-/m0/s1. The van der Waals surface area contributed by atoms with Crippen LogP contribution >= 0.6 is 0 Å². The van der Waals surface area contributed by atoms with E-state index < -0.39 is 5.97 Å². The van der Waals surface area contributed by atoms with Crippen LogP contribution in [0.1, 0.15) is 93.0 Å². The van der Waals surface area contributed by atoms with Gasteiger partial charge in [-0.2, -0.15) is 0 Å². The second-order valence-electron chi connectivity index (χ2n) is 9.31. The summed E-state index contributed by atoms with van der Waals surface area (Å²) >= 11 is 0. The Morgan fingerprint density at radius 2 is 1.88 bits per heavy atom. The van der Waals surface area contributed by atoms with Crippen molar-refractivity contribution >= 4 is 11.9 Å². The molecule has 0 unspecified atom stereocenters. The topological polar surface area (TPSA) is 94.3 Å². The van der Waals surface area contributed by atoms with Gasteiger partial charge in [0, 0.05) is 18.3 Å². The van der Waals surface area contributed by atoms with E-state index in [1.54, 1.807) is 0 Å². The first-order chi connectivity index (χ1) is 15.5. The molecule has 2 aromatic rings. The van der Waals surface area contributed by atoms with Gasteiger partial charge in [-0.05, 0) is 55.7 Å². The zero-order valence-electron chi connectivity index (χ0n) is 18.8.